The molecule has 0 bridgehead atoms. The van der Waals surface area contributed by atoms with Gasteiger partial charge in [-0.25, -0.2) is 4.79 Å². The molecule has 1 aliphatic heterocycles. The minimum absolute atomic E-state index is 0.278. The van der Waals surface area contributed by atoms with Crippen molar-refractivity contribution >= 4 is 5.97 Å². The topological polar surface area (TPSA) is 35.5 Å². The summed E-state index contributed by atoms with van der Waals surface area (Å²) in [6.07, 6.45) is -4.50. The zero-order chi connectivity index (χ0) is 10.5. The highest BCUT2D eigenvalue weighted by Crippen LogP contribution is 2.43. The number of halogens is 4. The molecule has 1 aliphatic rings. The molecule has 1 heterocycles. The molecule has 7 heteroatoms. The van der Waals surface area contributed by atoms with E-state index in [-0.39, 0.29) is 6.92 Å². The smallest absolute Gasteiger partial charge is 0.415 e. The van der Waals surface area contributed by atoms with E-state index in [9.17, 15) is 22.4 Å². The molecule has 2 unspecified atom stereocenters. The Bertz CT molecular complexity index is 248. The minimum atomic E-state index is -4.50. The lowest BCUT2D eigenvalue weighted by atomic mass is 10.2. The number of carbonyl (C=O) groups is 1. The summed E-state index contributed by atoms with van der Waals surface area (Å²) in [6, 6.07) is 0. The molecule has 76 valence electrons. The Morgan fingerprint density at radius 2 is 1.62 bits per heavy atom. The quantitative estimate of drug-likeness (QED) is 0.441. The predicted octanol–water partition coefficient (Wildman–Crippen LogP) is 1.52. The number of carbonyl (C=O) groups excluding carboxylic acids is 1. The van der Waals surface area contributed by atoms with Gasteiger partial charge in [0.2, 0.25) is 0 Å². The number of hydrogen-bond acceptors (Lipinski definition) is 3. The molecule has 0 aromatic heterocycles. The van der Waals surface area contributed by atoms with Crippen molar-refractivity contribution in [3.8, 4) is 0 Å². The van der Waals surface area contributed by atoms with Crippen molar-refractivity contribution in [1.82, 2.24) is 0 Å². The van der Waals surface area contributed by atoms with Crippen molar-refractivity contribution in [2.45, 2.75) is 31.7 Å². The number of rotatable bonds is 0. The van der Waals surface area contributed by atoms with Gasteiger partial charge in [-0.1, -0.05) is 0 Å². The van der Waals surface area contributed by atoms with E-state index in [0.29, 0.717) is 6.92 Å². The molecule has 13 heavy (non-hydrogen) atoms. The molecule has 0 aromatic rings. The fraction of sp³-hybridized carbons (Fsp3) is 0.833. The summed E-state index contributed by atoms with van der Waals surface area (Å²) in [5, 5.41) is 0. The van der Waals surface area contributed by atoms with Crippen LogP contribution in [0.25, 0.3) is 0 Å². The van der Waals surface area contributed by atoms with Gasteiger partial charge in [0, 0.05) is 13.8 Å². The molecule has 2 atom stereocenters. The first-order valence-corrected chi connectivity index (χ1v) is 3.28. The van der Waals surface area contributed by atoms with Gasteiger partial charge in [0.05, 0.1) is 0 Å². The summed E-state index contributed by atoms with van der Waals surface area (Å²) in [6.45, 7) is 0.693. The Balaban J connectivity index is 3.00. The summed E-state index contributed by atoms with van der Waals surface area (Å²) in [7, 11) is 0. The highest BCUT2D eigenvalue weighted by molar-refractivity contribution is 5.78. The normalized spacial score (nSPS) is 44.3. The van der Waals surface area contributed by atoms with Gasteiger partial charge in [0.1, 0.15) is 0 Å². The van der Waals surface area contributed by atoms with Gasteiger partial charge in [-0.3, -0.25) is 4.74 Å². The number of esters is 1. The molecule has 1 fully saturated rings. The van der Waals surface area contributed by atoms with Crippen LogP contribution in [0.2, 0.25) is 0 Å². The van der Waals surface area contributed by atoms with Gasteiger partial charge in [0.15, 0.2) is 0 Å². The Kier molecular flexibility index (Phi) is 1.84. The monoisotopic (exact) mass is 202 g/mol. The lowest BCUT2D eigenvalue weighted by Crippen LogP contribution is -2.60. The Hall–Kier alpha value is -0.850. The fourth-order valence-corrected chi connectivity index (χ4v) is 0.698. The van der Waals surface area contributed by atoms with E-state index in [1.54, 1.807) is 0 Å². The van der Waals surface area contributed by atoms with Crippen LogP contribution < -0.4 is 0 Å². The van der Waals surface area contributed by atoms with Gasteiger partial charge >= 0.3 is 23.8 Å². The third-order valence-corrected chi connectivity index (χ3v) is 1.49. The van der Waals surface area contributed by atoms with Gasteiger partial charge < -0.3 is 4.74 Å². The molecule has 3 nitrogen and oxygen atoms in total. The second-order valence-electron chi connectivity index (χ2n) is 2.84. The minimum Gasteiger partial charge on any atom is -0.415 e. The Labute approximate surface area is 70.6 Å². The van der Waals surface area contributed by atoms with E-state index in [2.05, 4.69) is 9.47 Å². The van der Waals surface area contributed by atoms with E-state index in [1.807, 2.05) is 0 Å². The highest BCUT2D eigenvalue weighted by atomic mass is 19.3. The van der Waals surface area contributed by atoms with Gasteiger partial charge in [0.25, 0.3) is 0 Å². The average molecular weight is 202 g/mol. The van der Waals surface area contributed by atoms with Crippen LogP contribution in [-0.4, -0.2) is 23.8 Å². The number of hydrogen-bond donors (Lipinski definition) is 0. The summed E-state index contributed by atoms with van der Waals surface area (Å²) < 4.78 is 57.5. The summed E-state index contributed by atoms with van der Waals surface area (Å²) >= 11 is 0. The van der Waals surface area contributed by atoms with Crippen LogP contribution in [0, 0.1) is 0 Å². The van der Waals surface area contributed by atoms with E-state index in [4.69, 9.17) is 0 Å². The van der Waals surface area contributed by atoms with E-state index in [1.165, 1.54) is 0 Å². The molecule has 0 N–H and O–H groups in total. The first-order valence-electron chi connectivity index (χ1n) is 3.28. The molecule has 1 saturated heterocycles. The molecular weight excluding hydrogens is 196 g/mol. The van der Waals surface area contributed by atoms with Crippen molar-refractivity contribution in [3.05, 3.63) is 0 Å². The second-order valence-corrected chi connectivity index (χ2v) is 2.84. The van der Waals surface area contributed by atoms with Crippen molar-refractivity contribution in [1.29, 1.82) is 0 Å². The van der Waals surface area contributed by atoms with Crippen LogP contribution in [-0.2, 0) is 14.3 Å². The summed E-state index contributed by atoms with van der Waals surface area (Å²) in [5.41, 5.74) is 0. The second kappa shape index (κ2) is 2.34. The Morgan fingerprint density at radius 1 is 1.15 bits per heavy atom. The highest BCUT2D eigenvalue weighted by Gasteiger charge is 2.66. The Morgan fingerprint density at radius 3 is 2.00 bits per heavy atom. The van der Waals surface area contributed by atoms with Crippen LogP contribution in [0.1, 0.15) is 13.8 Å². The van der Waals surface area contributed by atoms with Gasteiger partial charge in [-0.2, -0.15) is 17.6 Å². The maximum absolute atomic E-state index is 12.8. The molecule has 0 aromatic carbocycles. The zero-order valence-electron chi connectivity index (χ0n) is 6.74. The van der Waals surface area contributed by atoms with E-state index >= 15 is 0 Å². The van der Waals surface area contributed by atoms with Crippen molar-refractivity contribution < 1.29 is 31.8 Å². The standard InChI is InChI=1S/C6H6F4O3/c1-4(7)3(11)12-5(2,8)6(9,10)13-4/h1-2H3. The van der Waals surface area contributed by atoms with Crippen LogP contribution in [0.4, 0.5) is 17.6 Å². The molecule has 0 amide bonds. The van der Waals surface area contributed by atoms with Crippen molar-refractivity contribution in [3.63, 3.8) is 0 Å². The van der Waals surface area contributed by atoms with Gasteiger partial charge in [-0.15, -0.1) is 0 Å². The number of cyclic esters (lactones) is 1. The van der Waals surface area contributed by atoms with Crippen molar-refractivity contribution in [2.75, 3.05) is 0 Å². The largest absolute Gasteiger partial charge is 0.428 e. The van der Waals surface area contributed by atoms with E-state index < -0.39 is 23.8 Å². The van der Waals surface area contributed by atoms with Gasteiger partial charge in [-0.05, 0) is 0 Å². The van der Waals surface area contributed by atoms with E-state index in [0.717, 1.165) is 0 Å². The van der Waals surface area contributed by atoms with Crippen LogP contribution in [0.3, 0.4) is 0 Å². The lowest BCUT2D eigenvalue weighted by molar-refractivity contribution is -0.435. The first-order chi connectivity index (χ1) is 5.58. The summed E-state index contributed by atoms with van der Waals surface area (Å²) in [5.74, 6) is -8.78. The maximum atomic E-state index is 12.8. The lowest BCUT2D eigenvalue weighted by Gasteiger charge is -2.38. The number of alkyl halides is 4. The molecule has 0 radical (unpaired) electrons. The molecular formula is C6H6F4O3. The molecule has 1 rings (SSSR count). The predicted molar refractivity (Wildman–Crippen MR) is 31.1 cm³/mol. The average Bonchev–Trinajstić information content (AvgIpc) is 1.80. The summed E-state index contributed by atoms with van der Waals surface area (Å²) in [4.78, 5) is 10.5. The molecule has 0 saturated carbocycles. The molecule has 0 spiro atoms. The molecule has 0 aliphatic carbocycles. The number of ether oxygens (including phenoxy) is 2. The third-order valence-electron chi connectivity index (χ3n) is 1.49. The fourth-order valence-electron chi connectivity index (χ4n) is 0.698. The van der Waals surface area contributed by atoms with Crippen LogP contribution >= 0.6 is 0 Å². The maximum Gasteiger partial charge on any atom is 0.428 e. The van der Waals surface area contributed by atoms with Crippen molar-refractivity contribution in [2.24, 2.45) is 0 Å². The first kappa shape index (κ1) is 10.2. The SMILES string of the molecule is CC1(F)OC(F)(F)C(C)(F)OC1=O. The van der Waals surface area contributed by atoms with Crippen LogP contribution in [0.5, 0.6) is 0 Å². The third kappa shape index (κ3) is 1.48. The van der Waals surface area contributed by atoms with Crippen LogP contribution in [0.15, 0.2) is 0 Å². The zero-order valence-corrected chi connectivity index (χ0v) is 6.74.